The molecule has 1 aromatic carbocycles. The van der Waals surface area contributed by atoms with Gasteiger partial charge in [-0.25, -0.2) is 0 Å². The highest BCUT2D eigenvalue weighted by Gasteiger charge is 2.24. The molecule has 0 aliphatic carbocycles. The number of halogens is 1. The average Bonchev–Trinajstić information content (AvgIpc) is 2.79. The van der Waals surface area contributed by atoms with Gasteiger partial charge in [-0.2, -0.15) is 0 Å². The first-order valence-electron chi connectivity index (χ1n) is 5.92. The quantitative estimate of drug-likeness (QED) is 0.896. The van der Waals surface area contributed by atoms with Crippen LogP contribution in [0.1, 0.15) is 18.4 Å². The third-order valence-electron chi connectivity index (χ3n) is 3.34. The van der Waals surface area contributed by atoms with Crippen molar-refractivity contribution in [2.45, 2.75) is 25.4 Å². The van der Waals surface area contributed by atoms with E-state index in [0.717, 1.165) is 42.3 Å². The van der Waals surface area contributed by atoms with E-state index in [1.807, 2.05) is 18.2 Å². The lowest BCUT2D eigenvalue weighted by Crippen LogP contribution is -2.31. The van der Waals surface area contributed by atoms with Crippen molar-refractivity contribution in [3.63, 3.8) is 0 Å². The standard InChI is InChI=1S/C13H18ClNO2/c1-17-12-5-4-10(13(14)7-12)8-15-6-2-3-11(15)9-16/h4-5,7,11,16H,2-3,6,8-9H2,1H3. The zero-order chi connectivity index (χ0) is 12.3. The largest absolute Gasteiger partial charge is 0.497 e. The molecule has 1 aromatic rings. The van der Waals surface area contributed by atoms with Gasteiger partial charge in [0, 0.05) is 17.6 Å². The van der Waals surface area contributed by atoms with Gasteiger partial charge in [0.15, 0.2) is 0 Å². The molecule has 0 amide bonds. The summed E-state index contributed by atoms with van der Waals surface area (Å²) in [6.45, 7) is 2.06. The molecule has 1 unspecified atom stereocenters. The van der Waals surface area contributed by atoms with Crippen LogP contribution in [-0.2, 0) is 6.54 Å². The summed E-state index contributed by atoms with van der Waals surface area (Å²) in [4.78, 5) is 2.29. The SMILES string of the molecule is COc1ccc(CN2CCCC2CO)c(Cl)c1. The lowest BCUT2D eigenvalue weighted by atomic mass is 10.2. The van der Waals surface area contributed by atoms with Gasteiger partial charge in [0.2, 0.25) is 0 Å². The summed E-state index contributed by atoms with van der Waals surface area (Å²) in [5.41, 5.74) is 1.09. The Labute approximate surface area is 107 Å². The molecule has 1 fully saturated rings. The van der Waals surface area contributed by atoms with Crippen LogP contribution in [0.3, 0.4) is 0 Å². The normalized spacial score (nSPS) is 20.8. The van der Waals surface area contributed by atoms with Gasteiger partial charge in [-0.3, -0.25) is 4.90 Å². The average molecular weight is 256 g/mol. The zero-order valence-electron chi connectivity index (χ0n) is 10.0. The predicted octanol–water partition coefficient (Wildman–Crippen LogP) is 2.31. The van der Waals surface area contributed by atoms with Crippen LogP contribution in [0.5, 0.6) is 5.75 Å². The fourth-order valence-corrected chi connectivity index (χ4v) is 2.54. The molecule has 94 valence electrons. The molecule has 4 heteroatoms. The van der Waals surface area contributed by atoms with Gasteiger partial charge in [0.1, 0.15) is 5.75 Å². The number of benzene rings is 1. The molecule has 1 N–H and O–H groups in total. The minimum Gasteiger partial charge on any atom is -0.497 e. The van der Waals surface area contributed by atoms with Gasteiger partial charge >= 0.3 is 0 Å². The molecule has 2 rings (SSSR count). The van der Waals surface area contributed by atoms with Crippen molar-refractivity contribution in [2.75, 3.05) is 20.3 Å². The molecule has 1 aliphatic heterocycles. The van der Waals surface area contributed by atoms with Crippen LogP contribution in [0.2, 0.25) is 5.02 Å². The van der Waals surface area contributed by atoms with Crippen LogP contribution in [0.4, 0.5) is 0 Å². The van der Waals surface area contributed by atoms with Crippen molar-refractivity contribution in [1.82, 2.24) is 4.90 Å². The minimum atomic E-state index is 0.230. The summed E-state index contributed by atoms with van der Waals surface area (Å²) in [6, 6.07) is 6.04. The molecule has 0 saturated carbocycles. The molecule has 1 heterocycles. The molecule has 3 nitrogen and oxygen atoms in total. The first-order chi connectivity index (χ1) is 8.24. The Morgan fingerprint density at radius 3 is 3.00 bits per heavy atom. The monoisotopic (exact) mass is 255 g/mol. The molecule has 1 atom stereocenters. The van der Waals surface area contributed by atoms with E-state index in [1.165, 1.54) is 0 Å². The van der Waals surface area contributed by atoms with Crippen LogP contribution in [0.25, 0.3) is 0 Å². The summed E-state index contributed by atoms with van der Waals surface area (Å²) in [6.07, 6.45) is 2.23. The van der Waals surface area contributed by atoms with E-state index in [2.05, 4.69) is 4.90 Å². The Morgan fingerprint density at radius 2 is 2.35 bits per heavy atom. The highest BCUT2D eigenvalue weighted by Crippen LogP contribution is 2.26. The molecular weight excluding hydrogens is 238 g/mol. The van der Waals surface area contributed by atoms with Gasteiger partial charge in [-0.1, -0.05) is 17.7 Å². The number of ether oxygens (including phenoxy) is 1. The fraction of sp³-hybridized carbons (Fsp3) is 0.538. The highest BCUT2D eigenvalue weighted by molar-refractivity contribution is 6.31. The van der Waals surface area contributed by atoms with Crippen LogP contribution < -0.4 is 4.74 Å². The van der Waals surface area contributed by atoms with E-state index in [9.17, 15) is 5.11 Å². The summed E-state index contributed by atoms with van der Waals surface area (Å²) in [7, 11) is 1.63. The maximum absolute atomic E-state index is 9.27. The summed E-state index contributed by atoms with van der Waals surface area (Å²) in [5.74, 6) is 0.777. The van der Waals surface area contributed by atoms with Crippen LogP contribution >= 0.6 is 11.6 Å². The number of rotatable bonds is 4. The van der Waals surface area contributed by atoms with Crippen LogP contribution in [0.15, 0.2) is 18.2 Å². The topological polar surface area (TPSA) is 32.7 Å². The van der Waals surface area contributed by atoms with E-state index < -0.39 is 0 Å². The summed E-state index contributed by atoms with van der Waals surface area (Å²) < 4.78 is 5.12. The summed E-state index contributed by atoms with van der Waals surface area (Å²) >= 11 is 6.21. The van der Waals surface area contributed by atoms with Crippen LogP contribution in [-0.4, -0.2) is 36.3 Å². The molecule has 0 radical (unpaired) electrons. The number of aliphatic hydroxyl groups excluding tert-OH is 1. The second-order valence-corrected chi connectivity index (χ2v) is 4.81. The van der Waals surface area contributed by atoms with Crippen molar-refractivity contribution in [1.29, 1.82) is 0 Å². The van der Waals surface area contributed by atoms with Crippen molar-refractivity contribution < 1.29 is 9.84 Å². The molecular formula is C13H18ClNO2. The van der Waals surface area contributed by atoms with E-state index in [-0.39, 0.29) is 12.6 Å². The predicted molar refractivity (Wildman–Crippen MR) is 68.5 cm³/mol. The van der Waals surface area contributed by atoms with E-state index in [0.29, 0.717) is 0 Å². The number of hydrogen-bond donors (Lipinski definition) is 1. The highest BCUT2D eigenvalue weighted by atomic mass is 35.5. The van der Waals surface area contributed by atoms with Gasteiger partial charge in [-0.05, 0) is 37.1 Å². The Bertz CT molecular complexity index is 384. The molecule has 0 bridgehead atoms. The third-order valence-corrected chi connectivity index (χ3v) is 3.70. The Hall–Kier alpha value is -0.770. The lowest BCUT2D eigenvalue weighted by Gasteiger charge is -2.23. The first kappa shape index (κ1) is 12.7. The second kappa shape index (κ2) is 5.71. The van der Waals surface area contributed by atoms with Gasteiger partial charge in [-0.15, -0.1) is 0 Å². The maximum Gasteiger partial charge on any atom is 0.120 e. The fourth-order valence-electron chi connectivity index (χ4n) is 2.31. The van der Waals surface area contributed by atoms with Crippen molar-refractivity contribution in [2.24, 2.45) is 0 Å². The van der Waals surface area contributed by atoms with Crippen LogP contribution in [0, 0.1) is 0 Å². The summed E-state index contributed by atoms with van der Waals surface area (Å²) in [5, 5.41) is 10.0. The Morgan fingerprint density at radius 1 is 1.53 bits per heavy atom. The number of likely N-dealkylation sites (tertiary alicyclic amines) is 1. The smallest absolute Gasteiger partial charge is 0.120 e. The number of hydrogen-bond acceptors (Lipinski definition) is 3. The molecule has 17 heavy (non-hydrogen) atoms. The Balaban J connectivity index is 2.08. The number of nitrogens with zero attached hydrogens (tertiary/aromatic N) is 1. The van der Waals surface area contributed by atoms with Crippen molar-refractivity contribution in [3.05, 3.63) is 28.8 Å². The number of aliphatic hydroxyl groups is 1. The van der Waals surface area contributed by atoms with Gasteiger partial charge < -0.3 is 9.84 Å². The van der Waals surface area contributed by atoms with E-state index in [4.69, 9.17) is 16.3 Å². The van der Waals surface area contributed by atoms with E-state index in [1.54, 1.807) is 7.11 Å². The van der Waals surface area contributed by atoms with E-state index >= 15 is 0 Å². The molecule has 0 spiro atoms. The van der Waals surface area contributed by atoms with Gasteiger partial charge in [0.25, 0.3) is 0 Å². The van der Waals surface area contributed by atoms with Crippen molar-refractivity contribution in [3.8, 4) is 5.75 Å². The second-order valence-electron chi connectivity index (χ2n) is 4.41. The molecule has 1 aliphatic rings. The van der Waals surface area contributed by atoms with Gasteiger partial charge in [0.05, 0.1) is 13.7 Å². The molecule has 0 aromatic heterocycles. The third kappa shape index (κ3) is 2.92. The van der Waals surface area contributed by atoms with Crippen molar-refractivity contribution >= 4 is 11.6 Å². The number of methoxy groups -OCH3 is 1. The maximum atomic E-state index is 9.27. The zero-order valence-corrected chi connectivity index (χ0v) is 10.8. The Kier molecular flexibility index (Phi) is 4.26. The minimum absolute atomic E-state index is 0.230. The molecule has 1 saturated heterocycles. The lowest BCUT2D eigenvalue weighted by molar-refractivity contribution is 0.153. The first-order valence-corrected chi connectivity index (χ1v) is 6.29.